The number of nitrogens with zero attached hydrogens (tertiary/aromatic N) is 2. The van der Waals surface area contributed by atoms with Crippen molar-refractivity contribution >= 4 is 16.9 Å². The quantitative estimate of drug-likeness (QED) is 0.486. The van der Waals surface area contributed by atoms with Gasteiger partial charge in [0.1, 0.15) is 12.4 Å². The van der Waals surface area contributed by atoms with E-state index in [1.54, 1.807) is 17.6 Å². The number of esters is 1. The zero-order valence-corrected chi connectivity index (χ0v) is 17.4. The van der Waals surface area contributed by atoms with Crippen molar-refractivity contribution in [1.82, 2.24) is 9.55 Å². The summed E-state index contributed by atoms with van der Waals surface area (Å²) in [4.78, 5) is 29.3. The average molecular weight is 410 g/mol. The normalized spacial score (nSPS) is 16.3. The van der Waals surface area contributed by atoms with Crippen LogP contribution in [0.1, 0.15) is 54.7 Å². The number of carbonyl (C=O) groups excluding carboxylic acids is 1. The summed E-state index contributed by atoms with van der Waals surface area (Å²) < 4.78 is 20.8. The third-order valence-corrected chi connectivity index (χ3v) is 5.77. The van der Waals surface area contributed by atoms with Crippen molar-refractivity contribution in [2.24, 2.45) is 0 Å². The number of hydrogen-bond acceptors (Lipinski definition) is 5. The molecule has 4 heterocycles. The maximum Gasteiger partial charge on any atom is 0.340 e. The number of aliphatic hydroxyl groups excluding tert-OH is 1. The molecule has 1 unspecified atom stereocenters. The highest BCUT2D eigenvalue weighted by Gasteiger charge is 2.33. The molecule has 30 heavy (non-hydrogen) atoms. The van der Waals surface area contributed by atoms with Crippen LogP contribution in [0.4, 0.5) is 4.39 Å². The first-order valence-electron chi connectivity index (χ1n) is 10.1. The largest absolute Gasteiger partial charge is 0.458 e. The maximum absolute atomic E-state index is 14.3. The maximum atomic E-state index is 14.3. The van der Waals surface area contributed by atoms with Gasteiger partial charge in [0.2, 0.25) is 0 Å². The lowest BCUT2D eigenvalue weighted by Gasteiger charge is -2.21. The van der Waals surface area contributed by atoms with Crippen molar-refractivity contribution < 1.29 is 19.0 Å². The Bertz CT molecular complexity index is 1260. The molecule has 0 aliphatic carbocycles. The van der Waals surface area contributed by atoms with E-state index < -0.39 is 12.1 Å². The molecule has 0 saturated carbocycles. The second kappa shape index (κ2) is 7.32. The Kier molecular flexibility index (Phi) is 4.94. The minimum atomic E-state index is -1.49. The van der Waals surface area contributed by atoms with Gasteiger partial charge in [-0.3, -0.25) is 4.79 Å². The van der Waals surface area contributed by atoms with Gasteiger partial charge in [0, 0.05) is 22.6 Å². The van der Waals surface area contributed by atoms with Crippen LogP contribution >= 0.6 is 0 Å². The smallest absolute Gasteiger partial charge is 0.340 e. The van der Waals surface area contributed by atoms with Crippen LogP contribution in [0.15, 0.2) is 23.0 Å². The molecular weight excluding hydrogens is 387 g/mol. The average Bonchev–Trinajstić information content (AvgIpc) is 3.10. The number of benzene rings is 1. The van der Waals surface area contributed by atoms with E-state index in [-0.39, 0.29) is 29.1 Å². The predicted octanol–water partition coefficient (Wildman–Crippen LogP) is 3.55. The first-order valence-corrected chi connectivity index (χ1v) is 10.1. The molecule has 5 rings (SSSR count). The van der Waals surface area contributed by atoms with Crippen LogP contribution in [0.2, 0.25) is 0 Å². The van der Waals surface area contributed by atoms with E-state index in [9.17, 15) is 19.1 Å². The Labute approximate surface area is 172 Å². The number of rotatable bonds is 1. The number of fused-ring (bicyclic) bond motifs is 5. The fourth-order valence-corrected chi connectivity index (χ4v) is 4.26. The van der Waals surface area contributed by atoms with Gasteiger partial charge in [-0.05, 0) is 36.6 Å². The van der Waals surface area contributed by atoms with Crippen molar-refractivity contribution in [3.63, 3.8) is 0 Å². The SMILES string of the molecule is CC.CCc1c(C)c(F)cc2nc3c(cc12)Cn1c-3cc2c(c1=O)COC(=O)C2O. The van der Waals surface area contributed by atoms with Gasteiger partial charge < -0.3 is 14.4 Å². The van der Waals surface area contributed by atoms with Gasteiger partial charge in [-0.1, -0.05) is 20.8 Å². The van der Waals surface area contributed by atoms with Crippen LogP contribution in [-0.2, 0) is 29.1 Å². The minimum absolute atomic E-state index is 0.152. The number of carbonyl (C=O) groups is 1. The monoisotopic (exact) mass is 410 g/mol. The molecule has 0 bridgehead atoms. The molecule has 1 N–H and O–H groups in total. The number of aryl methyl sites for hydroxylation is 1. The summed E-state index contributed by atoms with van der Waals surface area (Å²) in [5, 5.41) is 11.0. The minimum Gasteiger partial charge on any atom is -0.458 e. The van der Waals surface area contributed by atoms with E-state index in [0.717, 1.165) is 16.5 Å². The second-order valence-corrected chi connectivity index (χ2v) is 7.24. The topological polar surface area (TPSA) is 81.4 Å². The first-order chi connectivity index (χ1) is 14.4. The Hall–Kier alpha value is -3.06. The van der Waals surface area contributed by atoms with Gasteiger partial charge in [0.25, 0.3) is 5.56 Å². The number of hydrogen-bond donors (Lipinski definition) is 1. The second-order valence-electron chi connectivity index (χ2n) is 7.24. The van der Waals surface area contributed by atoms with E-state index in [1.807, 2.05) is 26.8 Å². The lowest BCUT2D eigenvalue weighted by molar-refractivity contribution is -0.157. The molecule has 0 spiro atoms. The van der Waals surface area contributed by atoms with Crippen LogP contribution < -0.4 is 5.56 Å². The molecule has 0 amide bonds. The fourth-order valence-electron chi connectivity index (χ4n) is 4.26. The molecule has 2 aromatic heterocycles. The molecule has 2 aliphatic heterocycles. The molecule has 1 aromatic carbocycles. The number of ether oxygens (including phenoxy) is 1. The highest BCUT2D eigenvalue weighted by atomic mass is 19.1. The Balaban J connectivity index is 0.00000106. The molecule has 0 saturated heterocycles. The van der Waals surface area contributed by atoms with Gasteiger partial charge in [0.15, 0.2) is 6.10 Å². The summed E-state index contributed by atoms with van der Waals surface area (Å²) in [6.07, 6.45) is -0.813. The summed E-state index contributed by atoms with van der Waals surface area (Å²) >= 11 is 0. The fraction of sp³-hybridized carbons (Fsp3) is 0.348. The first kappa shape index (κ1) is 20.2. The van der Waals surface area contributed by atoms with E-state index in [4.69, 9.17) is 4.74 Å². The Morgan fingerprint density at radius 3 is 2.70 bits per heavy atom. The van der Waals surface area contributed by atoms with Crippen LogP contribution in [0.3, 0.4) is 0 Å². The summed E-state index contributed by atoms with van der Waals surface area (Å²) in [6.45, 7) is 7.91. The van der Waals surface area contributed by atoms with E-state index in [0.29, 0.717) is 35.4 Å². The number of cyclic esters (lactones) is 1. The molecule has 0 radical (unpaired) electrons. The number of halogens is 1. The van der Waals surface area contributed by atoms with Crippen LogP contribution in [0.25, 0.3) is 22.3 Å². The summed E-state index contributed by atoms with van der Waals surface area (Å²) in [5.74, 6) is -1.08. The van der Waals surface area contributed by atoms with Gasteiger partial charge in [-0.25, -0.2) is 14.2 Å². The molecule has 6 nitrogen and oxygen atoms in total. The highest BCUT2D eigenvalue weighted by Crippen LogP contribution is 2.36. The van der Waals surface area contributed by atoms with E-state index >= 15 is 0 Å². The summed E-state index contributed by atoms with van der Waals surface area (Å²) in [5.41, 5.74) is 4.22. The molecule has 1 atom stereocenters. The van der Waals surface area contributed by atoms with Crippen molar-refractivity contribution in [2.45, 2.75) is 53.4 Å². The van der Waals surface area contributed by atoms with Crippen LogP contribution in [0.5, 0.6) is 0 Å². The molecule has 3 aromatic rings. The third-order valence-electron chi connectivity index (χ3n) is 5.77. The standard InChI is InChI=1S/C21H17FN2O4.C2H6/c1-3-11-9(2)15(22)6-16-12(11)4-10-7-24-17(18(10)23-16)5-13-14(20(24)26)8-28-21(27)19(13)25;1-2/h4-6,19,25H,3,7-8H2,1-2H3;1-2H3. The van der Waals surface area contributed by atoms with Gasteiger partial charge in [-0.15, -0.1) is 0 Å². The summed E-state index contributed by atoms with van der Waals surface area (Å²) in [7, 11) is 0. The van der Waals surface area contributed by atoms with Crippen molar-refractivity contribution in [2.75, 3.05) is 0 Å². The molecule has 7 heteroatoms. The Morgan fingerprint density at radius 2 is 2.00 bits per heavy atom. The van der Waals surface area contributed by atoms with Crippen LogP contribution in [0, 0.1) is 12.7 Å². The highest BCUT2D eigenvalue weighted by molar-refractivity contribution is 5.88. The third kappa shape index (κ3) is 2.76. The van der Waals surface area contributed by atoms with Gasteiger partial charge in [-0.2, -0.15) is 0 Å². The zero-order valence-electron chi connectivity index (χ0n) is 17.4. The predicted molar refractivity (Wildman–Crippen MR) is 111 cm³/mol. The van der Waals surface area contributed by atoms with Crippen LogP contribution in [-0.4, -0.2) is 20.6 Å². The summed E-state index contributed by atoms with van der Waals surface area (Å²) in [6, 6.07) is 5.00. The van der Waals surface area contributed by atoms with E-state index in [1.165, 1.54) is 6.07 Å². The van der Waals surface area contributed by atoms with Gasteiger partial charge in [0.05, 0.1) is 29.0 Å². The number of aliphatic hydroxyl groups is 1. The molecule has 2 aliphatic rings. The molecule has 0 fully saturated rings. The molecule has 156 valence electrons. The van der Waals surface area contributed by atoms with Crippen molar-refractivity contribution in [3.8, 4) is 11.4 Å². The van der Waals surface area contributed by atoms with Crippen molar-refractivity contribution in [3.05, 3.63) is 62.2 Å². The lowest BCUT2D eigenvalue weighted by Crippen LogP contribution is -2.32. The lowest BCUT2D eigenvalue weighted by atomic mass is 9.97. The number of aromatic nitrogens is 2. The van der Waals surface area contributed by atoms with Crippen molar-refractivity contribution in [1.29, 1.82) is 0 Å². The number of pyridine rings is 2. The molecular formula is C23H23FN2O4. The van der Waals surface area contributed by atoms with Gasteiger partial charge >= 0.3 is 5.97 Å². The Morgan fingerprint density at radius 1 is 1.27 bits per heavy atom. The van der Waals surface area contributed by atoms with E-state index in [2.05, 4.69) is 4.98 Å². The zero-order chi connectivity index (χ0) is 21.7.